The lowest BCUT2D eigenvalue weighted by atomic mass is 10.1. The Morgan fingerprint density at radius 2 is 1.96 bits per heavy atom. The number of H-pyrrole nitrogens is 1. The number of hydrogen-bond donors (Lipinski definition) is 2. The molecule has 2 aromatic rings. The highest BCUT2D eigenvalue weighted by Crippen LogP contribution is 2.14. The second-order valence-electron chi connectivity index (χ2n) is 7.15. The fourth-order valence-electron chi connectivity index (χ4n) is 3.39. The van der Waals surface area contributed by atoms with Gasteiger partial charge in [0.1, 0.15) is 0 Å². The zero-order valence-electron chi connectivity index (χ0n) is 15.2. The van der Waals surface area contributed by atoms with Crippen LogP contribution in [0, 0.1) is 6.92 Å². The Hall–Kier alpha value is -2.14. The van der Waals surface area contributed by atoms with Gasteiger partial charge in [-0.05, 0) is 63.5 Å². The van der Waals surface area contributed by atoms with Crippen molar-refractivity contribution in [1.29, 1.82) is 0 Å². The van der Waals surface area contributed by atoms with Gasteiger partial charge in [-0.25, -0.2) is 0 Å². The second kappa shape index (κ2) is 8.30. The first kappa shape index (κ1) is 17.7. The highest BCUT2D eigenvalue weighted by molar-refractivity contribution is 5.94. The summed E-state index contributed by atoms with van der Waals surface area (Å²) in [4.78, 5) is 14.9. The van der Waals surface area contributed by atoms with E-state index in [2.05, 4.69) is 32.5 Å². The summed E-state index contributed by atoms with van der Waals surface area (Å²) in [5.74, 6) is -0.0238. The molecule has 0 unspecified atom stereocenters. The van der Waals surface area contributed by atoms with E-state index in [1.54, 1.807) is 0 Å². The lowest BCUT2D eigenvalue weighted by molar-refractivity contribution is 0.0940. The molecule has 1 atom stereocenters. The van der Waals surface area contributed by atoms with E-state index in [4.69, 9.17) is 0 Å². The summed E-state index contributed by atoms with van der Waals surface area (Å²) in [5.41, 5.74) is 4.01. The van der Waals surface area contributed by atoms with Crippen LogP contribution < -0.4 is 5.32 Å². The summed E-state index contributed by atoms with van der Waals surface area (Å²) in [6, 6.07) is 10.1. The number of nitrogens with one attached hydrogen (secondary N) is 2. The van der Waals surface area contributed by atoms with Crippen molar-refractivity contribution in [3.8, 4) is 0 Å². The highest BCUT2D eigenvalue weighted by atomic mass is 16.1. The van der Waals surface area contributed by atoms with E-state index < -0.39 is 0 Å². The van der Waals surface area contributed by atoms with Crippen molar-refractivity contribution in [2.75, 3.05) is 13.1 Å². The zero-order valence-corrected chi connectivity index (χ0v) is 15.2. The third-order valence-corrected chi connectivity index (χ3v) is 4.72. The number of amides is 1. The molecule has 1 aromatic carbocycles. The summed E-state index contributed by atoms with van der Waals surface area (Å²) in [5, 5.41) is 10.2. The van der Waals surface area contributed by atoms with Crippen molar-refractivity contribution in [3.63, 3.8) is 0 Å². The van der Waals surface area contributed by atoms with Gasteiger partial charge in [-0.15, -0.1) is 0 Å². The van der Waals surface area contributed by atoms with Crippen LogP contribution in [-0.2, 0) is 13.0 Å². The van der Waals surface area contributed by atoms with Crippen LogP contribution in [0.3, 0.4) is 0 Å². The van der Waals surface area contributed by atoms with E-state index in [0.29, 0.717) is 5.56 Å². The summed E-state index contributed by atoms with van der Waals surface area (Å²) >= 11 is 0. The minimum absolute atomic E-state index is 0.0238. The van der Waals surface area contributed by atoms with Crippen molar-refractivity contribution in [2.45, 2.75) is 52.1 Å². The minimum atomic E-state index is -0.0238. The largest absolute Gasteiger partial charge is 0.349 e. The molecule has 0 aliphatic carbocycles. The number of hydrogen-bond acceptors (Lipinski definition) is 3. The number of benzene rings is 1. The van der Waals surface area contributed by atoms with E-state index in [9.17, 15) is 4.79 Å². The lowest BCUT2D eigenvalue weighted by Gasteiger charge is -2.26. The molecule has 0 spiro atoms. The number of aromatic nitrogens is 2. The first-order chi connectivity index (χ1) is 12.1. The van der Waals surface area contributed by atoms with E-state index in [1.165, 1.54) is 37.9 Å². The van der Waals surface area contributed by atoms with Gasteiger partial charge in [0.05, 0.1) is 5.69 Å². The number of rotatable bonds is 6. The number of likely N-dealkylation sites (tertiary alicyclic amines) is 1. The van der Waals surface area contributed by atoms with Gasteiger partial charge in [-0.3, -0.25) is 14.8 Å². The lowest BCUT2D eigenvalue weighted by Crippen LogP contribution is -2.34. The first-order valence-corrected chi connectivity index (χ1v) is 9.23. The summed E-state index contributed by atoms with van der Waals surface area (Å²) < 4.78 is 0. The molecular formula is C20H28N4O. The van der Waals surface area contributed by atoms with Crippen molar-refractivity contribution in [1.82, 2.24) is 20.4 Å². The fourth-order valence-corrected chi connectivity index (χ4v) is 3.39. The van der Waals surface area contributed by atoms with Crippen LogP contribution in [0.15, 0.2) is 30.3 Å². The molecule has 2 heterocycles. The molecule has 2 N–H and O–H groups in total. The Labute approximate surface area is 149 Å². The Morgan fingerprint density at radius 3 is 2.60 bits per heavy atom. The van der Waals surface area contributed by atoms with Crippen LogP contribution in [0.1, 0.15) is 53.5 Å². The van der Waals surface area contributed by atoms with Gasteiger partial charge < -0.3 is 5.32 Å². The second-order valence-corrected chi connectivity index (χ2v) is 7.15. The summed E-state index contributed by atoms with van der Waals surface area (Å²) in [7, 11) is 0. The van der Waals surface area contributed by atoms with Crippen molar-refractivity contribution >= 4 is 5.91 Å². The Kier molecular flexibility index (Phi) is 5.87. The minimum Gasteiger partial charge on any atom is -0.349 e. The van der Waals surface area contributed by atoms with Crippen LogP contribution in [0.5, 0.6) is 0 Å². The average Bonchev–Trinajstić information content (AvgIpc) is 3.01. The third kappa shape index (κ3) is 5.16. The molecule has 5 nitrogen and oxygen atoms in total. The number of carbonyl (C=O) groups excluding carboxylic acids is 1. The van der Waals surface area contributed by atoms with Gasteiger partial charge in [0, 0.05) is 30.3 Å². The molecule has 0 radical (unpaired) electrons. The van der Waals surface area contributed by atoms with Gasteiger partial charge in [-0.1, -0.05) is 18.6 Å². The van der Waals surface area contributed by atoms with Crippen LogP contribution in [0.25, 0.3) is 0 Å². The van der Waals surface area contributed by atoms with Gasteiger partial charge in [0.15, 0.2) is 0 Å². The van der Waals surface area contributed by atoms with E-state index >= 15 is 0 Å². The molecule has 134 valence electrons. The maximum Gasteiger partial charge on any atom is 0.251 e. The number of nitrogens with zero attached hydrogens (tertiary/aromatic N) is 2. The normalized spacial score (nSPS) is 16.6. The van der Waals surface area contributed by atoms with E-state index in [1.807, 2.05) is 32.0 Å². The van der Waals surface area contributed by atoms with Crippen molar-refractivity contribution in [2.24, 2.45) is 0 Å². The number of aromatic amines is 1. The van der Waals surface area contributed by atoms with Crippen LogP contribution in [-0.4, -0.2) is 40.1 Å². The highest BCUT2D eigenvalue weighted by Gasteiger charge is 2.13. The molecule has 0 saturated carbocycles. The average molecular weight is 340 g/mol. The molecule has 5 heteroatoms. The maximum atomic E-state index is 12.4. The molecule has 1 saturated heterocycles. The monoisotopic (exact) mass is 340 g/mol. The number of carbonyl (C=O) groups is 1. The van der Waals surface area contributed by atoms with Gasteiger partial charge in [0.25, 0.3) is 5.91 Å². The molecule has 0 bridgehead atoms. The Balaban J connectivity index is 1.51. The number of aryl methyl sites for hydroxylation is 1. The quantitative estimate of drug-likeness (QED) is 0.849. The smallest absolute Gasteiger partial charge is 0.251 e. The fraction of sp³-hybridized carbons (Fsp3) is 0.500. The third-order valence-electron chi connectivity index (χ3n) is 4.72. The van der Waals surface area contributed by atoms with Gasteiger partial charge in [-0.2, -0.15) is 5.10 Å². The molecule has 3 rings (SSSR count). The van der Waals surface area contributed by atoms with Crippen molar-refractivity contribution < 1.29 is 4.79 Å². The predicted molar refractivity (Wildman–Crippen MR) is 99.5 cm³/mol. The standard InChI is InChI=1S/C20H28N4O/c1-15(12-19-13-16(2)22-23-19)21-20(25)18-8-6-17(7-9-18)14-24-10-4-3-5-11-24/h6-9,13,15H,3-5,10-12,14H2,1-2H3,(H,21,25)(H,22,23)/t15-/m1/s1. The predicted octanol–water partition coefficient (Wildman–Crippen LogP) is 3.07. The molecule has 1 aliphatic heterocycles. The van der Waals surface area contributed by atoms with E-state index in [0.717, 1.165) is 24.4 Å². The SMILES string of the molecule is Cc1cc(C[C@@H](C)NC(=O)c2ccc(CN3CCCCC3)cc2)n[nH]1. The Morgan fingerprint density at radius 1 is 1.24 bits per heavy atom. The topological polar surface area (TPSA) is 61.0 Å². The Bertz CT molecular complexity index is 686. The van der Waals surface area contributed by atoms with E-state index in [-0.39, 0.29) is 11.9 Å². The molecule has 25 heavy (non-hydrogen) atoms. The zero-order chi connectivity index (χ0) is 17.6. The number of piperidine rings is 1. The van der Waals surface area contributed by atoms with Crippen LogP contribution in [0.4, 0.5) is 0 Å². The molecule has 1 fully saturated rings. The molecule has 1 aromatic heterocycles. The summed E-state index contributed by atoms with van der Waals surface area (Å²) in [6.45, 7) is 7.34. The maximum absolute atomic E-state index is 12.4. The first-order valence-electron chi connectivity index (χ1n) is 9.23. The van der Waals surface area contributed by atoms with Gasteiger partial charge in [0.2, 0.25) is 0 Å². The molecular weight excluding hydrogens is 312 g/mol. The molecule has 1 aliphatic rings. The van der Waals surface area contributed by atoms with Crippen LogP contribution in [0.2, 0.25) is 0 Å². The summed E-state index contributed by atoms with van der Waals surface area (Å²) in [6.07, 6.45) is 4.68. The van der Waals surface area contributed by atoms with Crippen LogP contribution >= 0.6 is 0 Å². The van der Waals surface area contributed by atoms with Crippen molar-refractivity contribution in [3.05, 3.63) is 52.8 Å². The molecule has 1 amide bonds. The van der Waals surface area contributed by atoms with Gasteiger partial charge >= 0.3 is 0 Å².